The van der Waals surface area contributed by atoms with Crippen LogP contribution in [0.4, 0.5) is 0 Å². The van der Waals surface area contributed by atoms with E-state index in [9.17, 15) is 9.59 Å². The molecular formula is C21H24N4O3. The van der Waals surface area contributed by atoms with Gasteiger partial charge in [-0.15, -0.1) is 0 Å². The third-order valence-corrected chi connectivity index (χ3v) is 5.30. The number of carbonyl (C=O) groups excluding carboxylic acids is 1. The third kappa shape index (κ3) is 3.22. The van der Waals surface area contributed by atoms with Crippen LogP contribution in [0.25, 0.3) is 10.9 Å². The van der Waals surface area contributed by atoms with E-state index >= 15 is 0 Å². The first kappa shape index (κ1) is 18.4. The largest absolute Gasteiger partial charge is 0.464 e. The standard InChI is InChI=1S/C21H24N4O3/c1-12(2)19-23-17-8-9-25(11-15(17)20(26)24-19)10-14-13-6-4-5-7-16(13)22-18(14)21(27)28-3/h4-7,12,22H,8-11H2,1-3H3,(H,23,24,26). The van der Waals surface area contributed by atoms with Crippen molar-refractivity contribution in [3.05, 3.63) is 63.0 Å². The van der Waals surface area contributed by atoms with Crippen LogP contribution in [0.5, 0.6) is 0 Å². The number of esters is 1. The summed E-state index contributed by atoms with van der Waals surface area (Å²) < 4.78 is 4.95. The smallest absolute Gasteiger partial charge is 0.354 e. The van der Waals surface area contributed by atoms with Crippen molar-refractivity contribution < 1.29 is 9.53 Å². The second-order valence-electron chi connectivity index (χ2n) is 7.51. The SMILES string of the molecule is COC(=O)c1[nH]c2ccccc2c1CN1CCc2nc(C(C)C)[nH]c(=O)c2C1. The Morgan fingerprint density at radius 1 is 1.29 bits per heavy atom. The molecule has 0 aliphatic carbocycles. The topological polar surface area (TPSA) is 91.1 Å². The summed E-state index contributed by atoms with van der Waals surface area (Å²) in [6.45, 7) is 5.88. The molecule has 7 nitrogen and oxygen atoms in total. The van der Waals surface area contributed by atoms with Gasteiger partial charge in [-0.1, -0.05) is 32.0 Å². The van der Waals surface area contributed by atoms with E-state index in [2.05, 4.69) is 19.9 Å². The van der Waals surface area contributed by atoms with Crippen molar-refractivity contribution in [3.63, 3.8) is 0 Å². The first-order chi connectivity index (χ1) is 13.5. The summed E-state index contributed by atoms with van der Waals surface area (Å²) in [4.78, 5) is 37.7. The number of fused-ring (bicyclic) bond motifs is 2. The van der Waals surface area contributed by atoms with Gasteiger partial charge in [0.05, 0.1) is 18.4 Å². The molecule has 0 fully saturated rings. The van der Waals surface area contributed by atoms with Gasteiger partial charge in [-0.05, 0) is 6.07 Å². The molecular weight excluding hydrogens is 356 g/mol. The van der Waals surface area contributed by atoms with Gasteiger partial charge in [0, 0.05) is 48.4 Å². The Morgan fingerprint density at radius 3 is 2.82 bits per heavy atom. The van der Waals surface area contributed by atoms with Crippen LogP contribution in [-0.2, 0) is 24.2 Å². The number of benzene rings is 1. The van der Waals surface area contributed by atoms with Crippen molar-refractivity contribution >= 4 is 16.9 Å². The summed E-state index contributed by atoms with van der Waals surface area (Å²) in [7, 11) is 1.38. The number of rotatable bonds is 4. The number of H-pyrrole nitrogens is 2. The molecule has 2 aromatic heterocycles. The molecule has 3 heterocycles. The lowest BCUT2D eigenvalue weighted by molar-refractivity contribution is 0.0592. The van der Waals surface area contributed by atoms with E-state index in [0.29, 0.717) is 18.8 Å². The summed E-state index contributed by atoms with van der Waals surface area (Å²) in [5, 5.41) is 0.996. The number of hydrogen-bond acceptors (Lipinski definition) is 5. The molecule has 7 heteroatoms. The van der Waals surface area contributed by atoms with E-state index < -0.39 is 0 Å². The molecule has 146 valence electrons. The lowest BCUT2D eigenvalue weighted by atomic mass is 10.0. The number of hydrogen-bond donors (Lipinski definition) is 2. The number of carbonyl (C=O) groups is 1. The lowest BCUT2D eigenvalue weighted by Crippen LogP contribution is -2.36. The van der Waals surface area contributed by atoms with Gasteiger partial charge in [0.15, 0.2) is 0 Å². The molecule has 0 amide bonds. The van der Waals surface area contributed by atoms with Crippen molar-refractivity contribution in [1.82, 2.24) is 19.9 Å². The predicted octanol–water partition coefficient (Wildman–Crippen LogP) is 2.72. The van der Waals surface area contributed by atoms with Gasteiger partial charge < -0.3 is 14.7 Å². The Balaban J connectivity index is 1.67. The minimum atomic E-state index is -0.385. The van der Waals surface area contributed by atoms with Crippen LogP contribution in [-0.4, -0.2) is 39.5 Å². The van der Waals surface area contributed by atoms with Crippen molar-refractivity contribution in [1.29, 1.82) is 0 Å². The van der Waals surface area contributed by atoms with E-state index in [1.807, 2.05) is 38.1 Å². The van der Waals surface area contributed by atoms with E-state index in [1.54, 1.807) is 0 Å². The zero-order valence-corrected chi connectivity index (χ0v) is 16.3. The van der Waals surface area contributed by atoms with Crippen molar-refractivity contribution in [2.24, 2.45) is 0 Å². The van der Waals surface area contributed by atoms with Gasteiger partial charge >= 0.3 is 5.97 Å². The van der Waals surface area contributed by atoms with Crippen LogP contribution in [0.3, 0.4) is 0 Å². The molecule has 1 aromatic carbocycles. The van der Waals surface area contributed by atoms with Crippen molar-refractivity contribution in [2.75, 3.05) is 13.7 Å². The van der Waals surface area contributed by atoms with E-state index in [1.165, 1.54) is 7.11 Å². The number of methoxy groups -OCH3 is 1. The number of aromatic nitrogens is 3. The fraction of sp³-hybridized carbons (Fsp3) is 0.381. The Hall–Kier alpha value is -2.93. The maximum Gasteiger partial charge on any atom is 0.354 e. The monoisotopic (exact) mass is 380 g/mol. The molecule has 0 saturated carbocycles. The average molecular weight is 380 g/mol. The Bertz CT molecular complexity index is 1100. The van der Waals surface area contributed by atoms with Gasteiger partial charge in [-0.25, -0.2) is 9.78 Å². The fourth-order valence-electron chi connectivity index (χ4n) is 3.77. The summed E-state index contributed by atoms with van der Waals surface area (Å²) in [6.07, 6.45) is 0.717. The highest BCUT2D eigenvalue weighted by atomic mass is 16.5. The molecule has 0 unspecified atom stereocenters. The highest BCUT2D eigenvalue weighted by molar-refractivity contribution is 5.98. The minimum absolute atomic E-state index is 0.0643. The fourth-order valence-corrected chi connectivity index (χ4v) is 3.77. The van der Waals surface area contributed by atoms with Gasteiger partial charge in [0.1, 0.15) is 11.5 Å². The number of nitrogens with one attached hydrogen (secondary N) is 2. The molecule has 0 spiro atoms. The van der Waals surface area contributed by atoms with Crippen LogP contribution in [0.2, 0.25) is 0 Å². The van der Waals surface area contributed by atoms with Gasteiger partial charge in [-0.3, -0.25) is 9.69 Å². The Kier molecular flexibility index (Phi) is 4.77. The summed E-state index contributed by atoms with van der Waals surface area (Å²) in [5.41, 5.74) is 3.80. The average Bonchev–Trinajstić information content (AvgIpc) is 3.06. The zero-order valence-electron chi connectivity index (χ0n) is 16.3. The molecule has 1 aliphatic heterocycles. The van der Waals surface area contributed by atoms with Crippen LogP contribution >= 0.6 is 0 Å². The molecule has 3 aromatic rings. The first-order valence-corrected chi connectivity index (χ1v) is 9.50. The van der Waals surface area contributed by atoms with Crippen molar-refractivity contribution in [2.45, 2.75) is 39.3 Å². The van der Waals surface area contributed by atoms with Gasteiger partial charge in [-0.2, -0.15) is 0 Å². The Morgan fingerprint density at radius 2 is 2.07 bits per heavy atom. The second-order valence-corrected chi connectivity index (χ2v) is 7.51. The number of nitrogens with zero attached hydrogens (tertiary/aromatic N) is 2. The maximum absolute atomic E-state index is 12.6. The molecule has 0 atom stereocenters. The van der Waals surface area contributed by atoms with Crippen LogP contribution in [0.1, 0.15) is 52.9 Å². The second kappa shape index (κ2) is 7.24. The molecule has 2 N–H and O–H groups in total. The van der Waals surface area contributed by atoms with Crippen LogP contribution < -0.4 is 5.56 Å². The quantitative estimate of drug-likeness (QED) is 0.679. The molecule has 0 saturated heterocycles. The summed E-state index contributed by atoms with van der Waals surface area (Å²) >= 11 is 0. The summed E-state index contributed by atoms with van der Waals surface area (Å²) in [5.74, 6) is 0.538. The zero-order chi connectivity index (χ0) is 19.8. The minimum Gasteiger partial charge on any atom is -0.464 e. The van der Waals surface area contributed by atoms with Crippen molar-refractivity contribution in [3.8, 4) is 0 Å². The molecule has 0 radical (unpaired) electrons. The maximum atomic E-state index is 12.6. The van der Waals surface area contributed by atoms with E-state index in [-0.39, 0.29) is 17.4 Å². The van der Waals surface area contributed by atoms with Gasteiger partial charge in [0.2, 0.25) is 0 Å². The van der Waals surface area contributed by atoms with E-state index in [4.69, 9.17) is 4.74 Å². The Labute approximate surface area is 162 Å². The van der Waals surface area contributed by atoms with E-state index in [0.717, 1.165) is 46.5 Å². The number of ether oxygens (including phenoxy) is 1. The first-order valence-electron chi connectivity index (χ1n) is 9.50. The number of aromatic amines is 2. The highest BCUT2D eigenvalue weighted by Crippen LogP contribution is 2.26. The molecule has 1 aliphatic rings. The van der Waals surface area contributed by atoms with Crippen LogP contribution in [0.15, 0.2) is 29.1 Å². The van der Waals surface area contributed by atoms with Crippen LogP contribution in [0, 0.1) is 0 Å². The molecule has 28 heavy (non-hydrogen) atoms. The number of para-hydroxylation sites is 1. The van der Waals surface area contributed by atoms with Gasteiger partial charge in [0.25, 0.3) is 5.56 Å². The third-order valence-electron chi connectivity index (χ3n) is 5.30. The lowest BCUT2D eigenvalue weighted by Gasteiger charge is -2.28. The molecule has 0 bridgehead atoms. The predicted molar refractivity (Wildman–Crippen MR) is 106 cm³/mol. The summed E-state index contributed by atoms with van der Waals surface area (Å²) in [6, 6.07) is 7.82. The normalized spacial score (nSPS) is 14.4. The molecule has 4 rings (SSSR count). The highest BCUT2D eigenvalue weighted by Gasteiger charge is 2.25.